The molecule has 0 spiro atoms. The summed E-state index contributed by atoms with van der Waals surface area (Å²) >= 11 is 0. The number of hydrogen-bond donors (Lipinski definition) is 4. The maximum Gasteiger partial charge on any atom is 0.253 e. The fourth-order valence-electron chi connectivity index (χ4n) is 5.23. The van der Waals surface area contributed by atoms with Gasteiger partial charge < -0.3 is 24.6 Å². The number of hydrogen-bond acceptors (Lipinski definition) is 8. The van der Waals surface area contributed by atoms with E-state index in [9.17, 15) is 4.39 Å². The van der Waals surface area contributed by atoms with E-state index >= 15 is 0 Å². The highest BCUT2D eigenvalue weighted by Gasteiger charge is 2.27. The molecule has 11 nitrogen and oxygen atoms in total. The zero-order valence-corrected chi connectivity index (χ0v) is 25.6. The maximum absolute atomic E-state index is 14.3. The third-order valence-corrected chi connectivity index (χ3v) is 8.05. The van der Waals surface area contributed by atoms with Crippen molar-refractivity contribution in [2.24, 2.45) is 4.99 Å². The fourth-order valence-corrected chi connectivity index (χ4v) is 5.23. The molecule has 0 amide bonds. The van der Waals surface area contributed by atoms with Crippen molar-refractivity contribution < 1.29 is 18.4 Å². The van der Waals surface area contributed by atoms with Gasteiger partial charge in [-0.1, -0.05) is 61.5 Å². The average molecular weight is 607 g/mol. The molecule has 2 saturated heterocycles. The topological polar surface area (TPSA) is 123 Å². The number of rotatable bonds is 10. The van der Waals surface area contributed by atoms with Crippen molar-refractivity contribution >= 4 is 17.8 Å². The third kappa shape index (κ3) is 8.63. The monoisotopic (exact) mass is 606 g/mol. The Balaban J connectivity index is 1.24. The van der Waals surface area contributed by atoms with Crippen molar-refractivity contribution in [1.82, 2.24) is 30.9 Å². The Labute approximate surface area is 258 Å². The van der Waals surface area contributed by atoms with Crippen molar-refractivity contribution in [3.63, 3.8) is 0 Å². The first-order chi connectivity index (χ1) is 21.4. The molecule has 3 aromatic rings. The number of morpholine rings is 2. The molecule has 4 N–H and O–H groups in total. The number of benzene rings is 2. The van der Waals surface area contributed by atoms with E-state index in [4.69, 9.17) is 19.4 Å². The summed E-state index contributed by atoms with van der Waals surface area (Å²) in [6, 6.07) is 16.4. The standard InChI is InChI=1S/C32H43FN8O3/c1-32(2,25-9-7-24(8-10-25)26-5-3-4-6-27(26)33)28-23-29(44-39-28)37-31(36-12-14-41-17-21-43-22-18-41)38-30(34)35-11-13-40-15-19-42-20-16-40/h3-10,23H,11-22H2,1-2H3,(H4,34,35,36,37,38). The Bertz CT molecular complexity index is 1380. The van der Waals surface area contributed by atoms with Gasteiger partial charge in [-0.05, 0) is 17.2 Å². The van der Waals surface area contributed by atoms with Crippen LogP contribution in [0.15, 0.2) is 64.1 Å². The Morgan fingerprint density at radius 1 is 0.909 bits per heavy atom. The summed E-state index contributed by atoms with van der Waals surface area (Å²) in [5, 5.41) is 22.3. The summed E-state index contributed by atoms with van der Waals surface area (Å²) < 4.78 is 30.8. The largest absolute Gasteiger partial charge is 0.379 e. The number of nitrogens with zero attached hydrogens (tertiary/aromatic N) is 4. The van der Waals surface area contributed by atoms with Gasteiger partial charge in [0.05, 0.1) is 32.1 Å². The summed E-state index contributed by atoms with van der Waals surface area (Å²) in [6.45, 7) is 13.6. The van der Waals surface area contributed by atoms with E-state index in [1.165, 1.54) is 6.07 Å². The molecule has 5 rings (SSSR count). The van der Waals surface area contributed by atoms with E-state index in [1.54, 1.807) is 12.1 Å². The van der Waals surface area contributed by atoms with Gasteiger partial charge in [0.1, 0.15) is 5.82 Å². The molecule has 2 aromatic carbocycles. The molecule has 0 saturated carbocycles. The number of halogens is 1. The summed E-state index contributed by atoms with van der Waals surface area (Å²) in [5.41, 5.74) is 2.61. The smallest absolute Gasteiger partial charge is 0.253 e. The van der Waals surface area contributed by atoms with E-state index in [2.05, 4.69) is 49.7 Å². The van der Waals surface area contributed by atoms with E-state index < -0.39 is 5.41 Å². The molecular weight excluding hydrogens is 563 g/mol. The lowest BCUT2D eigenvalue weighted by Gasteiger charge is -2.27. The van der Waals surface area contributed by atoms with E-state index in [1.807, 2.05) is 36.4 Å². The SMILES string of the molecule is CC(C)(c1ccc(-c2ccccc2F)cc1)c1cc(/N=C(\NCCN2CCOCC2)NC(=N)NCCN2CCOCC2)on1. The van der Waals surface area contributed by atoms with Gasteiger partial charge in [-0.15, -0.1) is 0 Å². The van der Waals surface area contributed by atoms with Crippen LogP contribution in [0.4, 0.5) is 10.3 Å². The van der Waals surface area contributed by atoms with Gasteiger partial charge in [0.25, 0.3) is 5.88 Å². The minimum atomic E-state index is -0.490. The van der Waals surface area contributed by atoms with Crippen LogP contribution in [0.5, 0.6) is 0 Å². The second kappa shape index (κ2) is 15.2. The van der Waals surface area contributed by atoms with Gasteiger partial charge in [-0.25, -0.2) is 4.39 Å². The summed E-state index contributed by atoms with van der Waals surface area (Å²) in [7, 11) is 0. The minimum absolute atomic E-state index is 0.144. The van der Waals surface area contributed by atoms with Crippen LogP contribution in [0.3, 0.4) is 0 Å². The van der Waals surface area contributed by atoms with Crippen LogP contribution in [0.25, 0.3) is 11.1 Å². The van der Waals surface area contributed by atoms with Crippen LogP contribution in [-0.4, -0.2) is 106 Å². The second-order valence-electron chi connectivity index (χ2n) is 11.5. The van der Waals surface area contributed by atoms with Gasteiger partial charge in [-0.3, -0.25) is 20.5 Å². The van der Waals surface area contributed by atoms with E-state index in [0.29, 0.717) is 36.2 Å². The molecule has 2 aliphatic heterocycles. The van der Waals surface area contributed by atoms with Gasteiger partial charge >= 0.3 is 0 Å². The van der Waals surface area contributed by atoms with Crippen molar-refractivity contribution in [2.75, 3.05) is 78.8 Å². The first kappa shape index (κ1) is 31.6. The molecule has 1 aromatic heterocycles. The van der Waals surface area contributed by atoms with Gasteiger partial charge in [0.15, 0.2) is 5.96 Å². The molecule has 44 heavy (non-hydrogen) atoms. The lowest BCUT2D eigenvalue weighted by Crippen LogP contribution is -2.50. The molecule has 0 unspecified atom stereocenters. The zero-order valence-electron chi connectivity index (χ0n) is 25.6. The lowest BCUT2D eigenvalue weighted by atomic mass is 9.81. The van der Waals surface area contributed by atoms with Crippen LogP contribution in [-0.2, 0) is 14.9 Å². The second-order valence-corrected chi connectivity index (χ2v) is 11.5. The van der Waals surface area contributed by atoms with Crippen LogP contribution in [0, 0.1) is 11.2 Å². The summed E-state index contributed by atoms with van der Waals surface area (Å²) in [5.74, 6) is 0.614. The average Bonchev–Trinajstić information content (AvgIpc) is 3.52. The van der Waals surface area contributed by atoms with Crippen LogP contribution < -0.4 is 16.0 Å². The number of aromatic nitrogens is 1. The van der Waals surface area contributed by atoms with Gasteiger partial charge in [0.2, 0.25) is 5.96 Å². The van der Waals surface area contributed by atoms with Crippen molar-refractivity contribution in [3.8, 4) is 11.1 Å². The highest BCUT2D eigenvalue weighted by atomic mass is 19.1. The maximum atomic E-state index is 14.3. The quantitative estimate of drug-likeness (QED) is 0.204. The normalized spacial score (nSPS) is 16.9. The Hall–Kier alpha value is -3.84. The molecule has 2 fully saturated rings. The van der Waals surface area contributed by atoms with Crippen molar-refractivity contribution in [3.05, 3.63) is 71.7 Å². The predicted octanol–water partition coefficient (Wildman–Crippen LogP) is 3.16. The Kier molecular flexibility index (Phi) is 10.9. The molecular formula is C32H43FN8O3. The summed E-state index contributed by atoms with van der Waals surface area (Å²) in [6.07, 6.45) is 0. The molecule has 3 heterocycles. The first-order valence-electron chi connectivity index (χ1n) is 15.2. The predicted molar refractivity (Wildman–Crippen MR) is 169 cm³/mol. The lowest BCUT2D eigenvalue weighted by molar-refractivity contribution is 0.0389. The Morgan fingerprint density at radius 2 is 1.52 bits per heavy atom. The zero-order chi connectivity index (χ0) is 30.8. The fraction of sp³-hybridized carbons (Fsp3) is 0.469. The first-order valence-corrected chi connectivity index (χ1v) is 15.2. The molecule has 12 heteroatoms. The highest BCUT2D eigenvalue weighted by Crippen LogP contribution is 2.34. The number of aliphatic imine (C=N–C) groups is 1. The molecule has 2 aliphatic rings. The number of ether oxygens (including phenoxy) is 2. The molecule has 0 atom stereocenters. The van der Waals surface area contributed by atoms with Crippen LogP contribution >= 0.6 is 0 Å². The van der Waals surface area contributed by atoms with Gasteiger partial charge in [-0.2, -0.15) is 4.99 Å². The minimum Gasteiger partial charge on any atom is -0.379 e. The number of guanidine groups is 2. The van der Waals surface area contributed by atoms with Crippen molar-refractivity contribution in [1.29, 1.82) is 5.41 Å². The highest BCUT2D eigenvalue weighted by molar-refractivity contribution is 5.98. The summed E-state index contributed by atoms with van der Waals surface area (Å²) in [4.78, 5) is 9.28. The third-order valence-electron chi connectivity index (χ3n) is 8.05. The molecule has 0 radical (unpaired) electrons. The number of nitrogens with one attached hydrogen (secondary N) is 4. The van der Waals surface area contributed by atoms with Crippen LogP contribution in [0.1, 0.15) is 25.1 Å². The Morgan fingerprint density at radius 3 is 2.16 bits per heavy atom. The molecule has 236 valence electrons. The molecule has 0 aliphatic carbocycles. The van der Waals surface area contributed by atoms with Gasteiger partial charge in [0, 0.05) is 69.4 Å². The van der Waals surface area contributed by atoms with E-state index in [-0.39, 0.29) is 11.8 Å². The van der Waals surface area contributed by atoms with Crippen LogP contribution in [0.2, 0.25) is 0 Å². The van der Waals surface area contributed by atoms with E-state index in [0.717, 1.165) is 76.8 Å². The molecule has 0 bridgehead atoms. The van der Waals surface area contributed by atoms with Crippen molar-refractivity contribution in [2.45, 2.75) is 19.3 Å².